The van der Waals surface area contributed by atoms with Crippen molar-refractivity contribution in [2.75, 3.05) is 0 Å². The minimum atomic E-state index is -0.469. The topological polar surface area (TPSA) is 56.7 Å². The van der Waals surface area contributed by atoms with Crippen molar-refractivity contribution in [2.45, 2.75) is 0 Å². The van der Waals surface area contributed by atoms with Gasteiger partial charge in [-0.25, -0.2) is 15.0 Å². The van der Waals surface area contributed by atoms with Crippen LogP contribution in [0.1, 0.15) is 9.60 Å². The predicted molar refractivity (Wildman–Crippen MR) is 297 cm³/mol. The highest BCUT2D eigenvalue weighted by molar-refractivity contribution is 7.26. The van der Waals surface area contributed by atoms with Crippen LogP contribution in [0.5, 0.6) is 0 Å². The molecule has 0 radical (unpaired) electrons. The Bertz CT molecular complexity index is 5100. The number of fused-ring (bicyclic) bond motifs is 12. The molecule has 0 aliphatic heterocycles. The number of nitrogens with zero attached hydrogens (tertiary/aromatic N) is 4. The van der Waals surface area contributed by atoms with Gasteiger partial charge in [0.25, 0.3) is 0 Å². The third-order valence-electron chi connectivity index (χ3n) is 13.8. The van der Waals surface area contributed by atoms with Gasteiger partial charge in [-0.1, -0.05) is 176 Å². The second kappa shape index (κ2) is 15.7. The predicted octanol–water partition coefficient (Wildman–Crippen LogP) is 17.9. The number of rotatable bonds is 6. The zero-order valence-corrected chi connectivity index (χ0v) is 38.3. The lowest BCUT2D eigenvalue weighted by Gasteiger charge is -2.15. The molecule has 0 bridgehead atoms. The Morgan fingerprint density at radius 3 is 1.96 bits per heavy atom. The molecule has 0 N–H and O–H groups in total. The van der Waals surface area contributed by atoms with Crippen molar-refractivity contribution < 1.29 is 14.0 Å². The van der Waals surface area contributed by atoms with E-state index in [9.17, 15) is 2.74 Å². The lowest BCUT2D eigenvalue weighted by atomic mass is 9.96. The second-order valence-corrected chi connectivity index (χ2v) is 18.8. The molecule has 11 aromatic carbocycles. The minimum absolute atomic E-state index is 0.0595. The first-order valence-corrected chi connectivity index (χ1v) is 24.2. The summed E-state index contributed by atoms with van der Waals surface area (Å²) in [6.07, 6.45) is 0. The fourth-order valence-corrected chi connectivity index (χ4v) is 11.8. The van der Waals surface area contributed by atoms with Crippen LogP contribution in [-0.4, -0.2) is 19.5 Å². The molecule has 0 atom stereocenters. The Hall–Kier alpha value is -9.23. The van der Waals surface area contributed by atoms with Crippen molar-refractivity contribution in [3.8, 4) is 62.1 Å². The van der Waals surface area contributed by atoms with E-state index in [-0.39, 0.29) is 57.8 Å². The molecule has 4 aromatic heterocycles. The van der Waals surface area contributed by atoms with E-state index in [1.807, 2.05) is 72.8 Å². The number of furan rings is 1. The van der Waals surface area contributed by atoms with E-state index in [0.717, 1.165) is 97.0 Å². The molecular formula is C65H38N4OS. The maximum atomic E-state index is 9.29. The Morgan fingerprint density at radius 1 is 0.394 bits per heavy atom. The molecule has 0 saturated carbocycles. The second-order valence-electron chi connectivity index (χ2n) is 17.7. The van der Waals surface area contributed by atoms with Crippen LogP contribution < -0.4 is 0 Å². The first-order valence-electron chi connectivity index (χ1n) is 26.8. The summed E-state index contributed by atoms with van der Waals surface area (Å²) in [6.45, 7) is 0. The van der Waals surface area contributed by atoms with Gasteiger partial charge >= 0.3 is 0 Å². The van der Waals surface area contributed by atoms with Gasteiger partial charge in [-0.15, -0.1) is 11.3 Å². The molecule has 0 aliphatic rings. The highest BCUT2D eigenvalue weighted by Gasteiger charge is 2.22. The Kier molecular flexibility index (Phi) is 7.34. The summed E-state index contributed by atoms with van der Waals surface area (Å²) in [5, 5.41) is 8.71. The molecule has 6 heteroatoms. The fraction of sp³-hybridized carbons (Fsp3) is 0. The van der Waals surface area contributed by atoms with Crippen molar-refractivity contribution in [3.63, 3.8) is 0 Å². The van der Waals surface area contributed by atoms with Gasteiger partial charge in [0.2, 0.25) is 0 Å². The van der Waals surface area contributed by atoms with E-state index in [4.69, 9.17) is 26.2 Å². The Balaban J connectivity index is 0.939. The zero-order chi connectivity index (χ0) is 52.7. The van der Waals surface area contributed by atoms with Crippen LogP contribution in [0, 0.1) is 0 Å². The minimum Gasteiger partial charge on any atom is -0.455 e. The van der Waals surface area contributed by atoms with Crippen LogP contribution in [0.2, 0.25) is 0 Å². The van der Waals surface area contributed by atoms with Crippen LogP contribution >= 0.6 is 11.3 Å². The maximum Gasteiger partial charge on any atom is 0.166 e. The van der Waals surface area contributed by atoms with Gasteiger partial charge in [0.1, 0.15) is 11.2 Å². The molecule has 0 spiro atoms. The van der Waals surface area contributed by atoms with Crippen molar-refractivity contribution in [1.82, 2.24) is 19.5 Å². The number of para-hydroxylation sites is 5. The number of benzene rings is 11. The van der Waals surface area contributed by atoms with E-state index in [1.165, 1.54) is 6.07 Å². The first-order chi connectivity index (χ1) is 38.1. The zero-order valence-electron chi connectivity index (χ0n) is 44.5. The third kappa shape index (κ3) is 6.22. The van der Waals surface area contributed by atoms with E-state index < -0.39 is 12.1 Å². The Morgan fingerprint density at radius 2 is 1.04 bits per heavy atom. The molecule has 15 aromatic rings. The highest BCUT2D eigenvalue weighted by Crippen LogP contribution is 2.44. The summed E-state index contributed by atoms with van der Waals surface area (Å²) in [5.74, 6) is 1.09. The molecule has 71 heavy (non-hydrogen) atoms. The number of hydrogen-bond donors (Lipinski definition) is 0. The average molecular weight is 930 g/mol. The molecule has 0 aliphatic carbocycles. The molecule has 0 fully saturated rings. The molecule has 0 unspecified atom stereocenters. The third-order valence-corrected chi connectivity index (χ3v) is 15.0. The van der Waals surface area contributed by atoms with Crippen LogP contribution in [0.3, 0.4) is 0 Å². The Labute approximate surface area is 421 Å². The van der Waals surface area contributed by atoms with Crippen molar-refractivity contribution in [3.05, 3.63) is 230 Å². The largest absolute Gasteiger partial charge is 0.455 e. The molecule has 0 amide bonds. The van der Waals surface area contributed by atoms with Gasteiger partial charge < -0.3 is 8.98 Å². The highest BCUT2D eigenvalue weighted by atomic mass is 32.1. The summed E-state index contributed by atoms with van der Waals surface area (Å²) >= 11 is 1.76. The van der Waals surface area contributed by atoms with Crippen LogP contribution in [0.25, 0.3) is 148 Å². The molecule has 15 rings (SSSR count). The summed E-state index contributed by atoms with van der Waals surface area (Å²) in [6, 6.07) is 60.8. The van der Waals surface area contributed by atoms with Crippen LogP contribution in [-0.2, 0) is 0 Å². The van der Waals surface area contributed by atoms with E-state index in [0.29, 0.717) is 22.9 Å². The van der Waals surface area contributed by atoms with Crippen LogP contribution in [0.15, 0.2) is 235 Å². The van der Waals surface area contributed by atoms with Crippen molar-refractivity contribution in [2.24, 2.45) is 0 Å². The monoisotopic (exact) mass is 929 g/mol. The smallest absolute Gasteiger partial charge is 0.166 e. The van der Waals surface area contributed by atoms with Crippen molar-refractivity contribution >= 4 is 96.8 Å². The molecular weight excluding hydrogens is 885 g/mol. The van der Waals surface area contributed by atoms with Gasteiger partial charge in [-0.2, -0.15) is 0 Å². The summed E-state index contributed by atoms with van der Waals surface area (Å²) in [7, 11) is 0. The van der Waals surface area contributed by atoms with E-state index >= 15 is 0 Å². The SMILES string of the molecule is [2H]c1cc([2H])c2c(c1[2H])c1c([2H])c([2H])c([2H])c([2H])c1n2-c1ccccc1-c1nc(-c2cccc(-c3cccc4c3sc3ccc(-c5cccc6c5oc5ccccc56)cc34)c2)nc(-c2cc3ccccc3c3ccccc23)n1. The number of aromatic nitrogens is 4. The number of thiophene rings is 1. The quantitative estimate of drug-likeness (QED) is 0.156. The fourth-order valence-electron chi connectivity index (χ4n) is 10.5. The average Bonchev–Trinajstić information content (AvgIpc) is 4.38. The lowest BCUT2D eigenvalue weighted by molar-refractivity contribution is 0.670. The first kappa shape index (κ1) is 33.3. The van der Waals surface area contributed by atoms with Crippen LogP contribution in [0.4, 0.5) is 0 Å². The van der Waals surface area contributed by atoms with Gasteiger partial charge in [-0.05, 0) is 92.8 Å². The normalized spacial score (nSPS) is 13.3. The summed E-state index contributed by atoms with van der Waals surface area (Å²) in [4.78, 5) is 15.9. The van der Waals surface area contributed by atoms with Gasteiger partial charge in [0, 0.05) is 64.0 Å². The summed E-state index contributed by atoms with van der Waals surface area (Å²) < 4.78 is 73.2. The summed E-state index contributed by atoms with van der Waals surface area (Å²) in [5.41, 5.74) is 8.56. The van der Waals surface area contributed by atoms with Gasteiger partial charge in [0.15, 0.2) is 17.5 Å². The van der Waals surface area contributed by atoms with Gasteiger partial charge in [-0.3, -0.25) is 0 Å². The van der Waals surface area contributed by atoms with E-state index in [2.05, 4.69) is 103 Å². The van der Waals surface area contributed by atoms with Gasteiger partial charge in [0.05, 0.1) is 26.3 Å². The number of hydrogen-bond acceptors (Lipinski definition) is 5. The molecule has 5 nitrogen and oxygen atoms in total. The maximum absolute atomic E-state index is 9.29. The lowest BCUT2D eigenvalue weighted by Crippen LogP contribution is -2.04. The molecule has 0 saturated heterocycles. The van der Waals surface area contributed by atoms with Crippen molar-refractivity contribution in [1.29, 1.82) is 0 Å². The molecule has 330 valence electrons. The molecule has 4 heterocycles. The van der Waals surface area contributed by atoms with E-state index in [1.54, 1.807) is 22.0 Å². The standard InChI is InChI=1S/C65H38N4OS/c1-2-19-43-40(16-1)38-55(47-21-4-3-20-46(43)47)65-67-63(66-64(68-65)53-25-7-11-32-58(53)69-56-30-9-5-22-48(56)49-23-6-10-31-57(49)69)42-18-13-17-39(36-42)45-27-15-29-52-54-37-41(34-35-60(54)71-62(45)52)44-26-14-28-51-50-24-8-12-33-59(50)70-61(44)51/h1-38H/i5D,6D,9D,22D,23D,30D,31D.